The third-order valence-corrected chi connectivity index (χ3v) is 9.03. The monoisotopic (exact) mass is 614 g/mol. The van der Waals surface area contributed by atoms with Gasteiger partial charge in [0.25, 0.3) is 0 Å². The van der Waals surface area contributed by atoms with Gasteiger partial charge in [-0.25, -0.2) is 4.79 Å². The molecular weight excluding hydrogens is 564 g/mol. The molecule has 0 saturated carbocycles. The largest absolute Gasteiger partial charge is 0.494 e. The van der Waals surface area contributed by atoms with Gasteiger partial charge in [-0.3, -0.25) is 9.80 Å². The molecule has 2 atom stereocenters. The number of fused-ring (bicyclic) bond motifs is 1. The van der Waals surface area contributed by atoms with Crippen LogP contribution in [0.1, 0.15) is 67.2 Å². The number of rotatable bonds is 16. The smallest absolute Gasteiger partial charge is 0.332 e. The molecule has 45 heavy (non-hydrogen) atoms. The van der Waals surface area contributed by atoms with Crippen LogP contribution in [0, 0.1) is 0 Å². The third-order valence-electron chi connectivity index (χ3n) is 9.03. The predicted octanol–water partition coefficient (Wildman–Crippen LogP) is 6.30. The van der Waals surface area contributed by atoms with E-state index < -0.39 is 0 Å². The van der Waals surface area contributed by atoms with Crippen LogP contribution in [-0.4, -0.2) is 88.1 Å². The van der Waals surface area contributed by atoms with E-state index in [1.165, 1.54) is 22.3 Å². The molecule has 7 heteroatoms. The van der Waals surface area contributed by atoms with E-state index in [0.29, 0.717) is 31.7 Å². The van der Waals surface area contributed by atoms with Gasteiger partial charge in [-0.15, -0.1) is 0 Å². The van der Waals surface area contributed by atoms with Gasteiger partial charge >= 0.3 is 5.97 Å². The molecule has 0 unspecified atom stereocenters. The number of unbranched alkanes of at least 4 members (excludes halogenated alkanes) is 1. The Labute approximate surface area is 269 Å². The maximum Gasteiger partial charge on any atom is 0.332 e. The second-order valence-electron chi connectivity index (χ2n) is 12.1. The zero-order valence-corrected chi connectivity index (χ0v) is 27.1. The third kappa shape index (κ3) is 9.55. The summed E-state index contributed by atoms with van der Waals surface area (Å²) in [6.07, 6.45) is 4.40. The highest BCUT2D eigenvalue weighted by molar-refractivity contribution is 5.70. The van der Waals surface area contributed by atoms with Crippen LogP contribution in [0.3, 0.4) is 0 Å². The summed E-state index contributed by atoms with van der Waals surface area (Å²) < 4.78 is 22.6. The summed E-state index contributed by atoms with van der Waals surface area (Å²) in [5.74, 6) is 2.34. The van der Waals surface area contributed by atoms with E-state index in [1.807, 2.05) is 0 Å². The molecule has 242 valence electrons. The predicted molar refractivity (Wildman–Crippen MR) is 178 cm³/mol. The molecule has 3 aromatic rings. The molecular formula is C38H50N2O5. The fraction of sp³-hybridized carbons (Fsp3) is 0.500. The van der Waals surface area contributed by atoms with E-state index in [2.05, 4.69) is 89.5 Å². The molecule has 0 spiro atoms. The van der Waals surface area contributed by atoms with Crippen molar-refractivity contribution in [1.29, 1.82) is 0 Å². The average molecular weight is 615 g/mol. The Kier molecular flexibility index (Phi) is 12.7. The number of piperazine rings is 1. The van der Waals surface area contributed by atoms with Crippen LogP contribution in [0.2, 0.25) is 0 Å². The summed E-state index contributed by atoms with van der Waals surface area (Å²) in [7, 11) is 0. The van der Waals surface area contributed by atoms with Crippen molar-refractivity contribution in [2.75, 3.05) is 72.3 Å². The molecule has 0 radical (unpaired) electrons. The first-order chi connectivity index (χ1) is 22.1. The fourth-order valence-corrected chi connectivity index (χ4v) is 6.54. The number of hydrogen-bond donors (Lipinski definition) is 0. The number of carbonyl (C=O) groups is 1. The molecule has 1 heterocycles. The Morgan fingerprint density at radius 3 is 2.18 bits per heavy atom. The van der Waals surface area contributed by atoms with Gasteiger partial charge < -0.3 is 18.9 Å². The van der Waals surface area contributed by atoms with Crippen LogP contribution in [-0.2, 0) is 20.7 Å². The van der Waals surface area contributed by atoms with Crippen LogP contribution in [0.15, 0.2) is 72.8 Å². The highest BCUT2D eigenvalue weighted by Crippen LogP contribution is 2.47. The molecule has 3 aromatic carbocycles. The van der Waals surface area contributed by atoms with E-state index in [-0.39, 0.29) is 12.6 Å². The first kappa shape index (κ1) is 33.0. The van der Waals surface area contributed by atoms with Gasteiger partial charge in [-0.05, 0) is 78.6 Å². The molecule has 0 amide bonds. The van der Waals surface area contributed by atoms with Crippen molar-refractivity contribution in [3.63, 3.8) is 0 Å². The van der Waals surface area contributed by atoms with Crippen molar-refractivity contribution in [3.8, 4) is 11.5 Å². The van der Waals surface area contributed by atoms with Gasteiger partial charge in [0, 0.05) is 45.2 Å². The normalized spacial score (nSPS) is 18.7. The van der Waals surface area contributed by atoms with Gasteiger partial charge in [0.05, 0.1) is 19.8 Å². The minimum absolute atomic E-state index is 0.0309. The lowest BCUT2D eigenvalue weighted by atomic mass is 9.69. The van der Waals surface area contributed by atoms with E-state index in [0.717, 1.165) is 83.1 Å². The number of aryl methyl sites for hydroxylation is 1. The van der Waals surface area contributed by atoms with Gasteiger partial charge in [-0.2, -0.15) is 0 Å². The van der Waals surface area contributed by atoms with Gasteiger partial charge in [-0.1, -0.05) is 61.9 Å². The molecule has 1 aliphatic heterocycles. The summed E-state index contributed by atoms with van der Waals surface area (Å²) in [5, 5.41) is 0. The molecule has 7 nitrogen and oxygen atoms in total. The number of carbonyl (C=O) groups excluding carboxylic acids is 1. The van der Waals surface area contributed by atoms with E-state index in [9.17, 15) is 4.79 Å². The van der Waals surface area contributed by atoms with Crippen molar-refractivity contribution in [2.45, 2.75) is 51.4 Å². The highest BCUT2D eigenvalue weighted by atomic mass is 16.6. The zero-order chi connectivity index (χ0) is 31.3. The maximum absolute atomic E-state index is 11.4. The van der Waals surface area contributed by atoms with Gasteiger partial charge in [0.15, 0.2) is 0 Å². The van der Waals surface area contributed by atoms with Crippen LogP contribution in [0.4, 0.5) is 0 Å². The van der Waals surface area contributed by atoms with Gasteiger partial charge in [0.2, 0.25) is 0 Å². The number of esters is 1. The van der Waals surface area contributed by atoms with Crippen LogP contribution in [0.25, 0.3) is 0 Å². The van der Waals surface area contributed by atoms with Crippen LogP contribution >= 0.6 is 0 Å². The first-order valence-electron chi connectivity index (χ1n) is 16.9. The molecule has 0 bridgehead atoms. The first-order valence-corrected chi connectivity index (χ1v) is 16.9. The average Bonchev–Trinajstić information content (AvgIpc) is 3.08. The van der Waals surface area contributed by atoms with Crippen LogP contribution < -0.4 is 9.47 Å². The van der Waals surface area contributed by atoms with Gasteiger partial charge in [0.1, 0.15) is 24.7 Å². The molecule has 2 aliphatic rings. The van der Waals surface area contributed by atoms with E-state index >= 15 is 0 Å². The summed E-state index contributed by atoms with van der Waals surface area (Å²) in [6.45, 7) is 12.2. The summed E-state index contributed by atoms with van der Waals surface area (Å²) in [4.78, 5) is 16.2. The maximum atomic E-state index is 11.4. The Morgan fingerprint density at radius 2 is 1.47 bits per heavy atom. The number of nitrogens with zero attached hydrogens (tertiary/aromatic N) is 2. The minimum atomic E-state index is -0.296. The quantitative estimate of drug-likeness (QED) is 0.139. The lowest BCUT2D eigenvalue weighted by Gasteiger charge is -2.35. The standard InChI is InChI=1S/C38H50N2O5/c1-3-5-25-44-34-16-18-36-32(28-34)13-17-35(30-9-7-6-8-10-30)38(36)31-11-14-33(15-12-31)45-27-24-40-21-19-39(20-22-40)23-26-42-29-37(41)43-4-2/h6-12,14-16,18,28,35,38H,3-5,13,17,19-27,29H2,1-2H3/t35-,38+/m1/s1. The zero-order valence-electron chi connectivity index (χ0n) is 27.1. The molecule has 1 fully saturated rings. The lowest BCUT2D eigenvalue weighted by molar-refractivity contribution is -0.148. The summed E-state index contributed by atoms with van der Waals surface area (Å²) in [6, 6.07) is 26.5. The SMILES string of the molecule is CCCCOc1ccc2c(c1)CC[C@H](c1ccccc1)[C@@H]2c1ccc(OCCN2CCN(CCOCC(=O)OCC)CC2)cc1. The van der Waals surface area contributed by atoms with E-state index in [1.54, 1.807) is 6.92 Å². The van der Waals surface area contributed by atoms with Crippen molar-refractivity contribution in [3.05, 3.63) is 95.1 Å². The molecule has 1 saturated heterocycles. The Hall–Kier alpha value is -3.39. The number of ether oxygens (including phenoxy) is 4. The Bertz CT molecular complexity index is 1310. The molecule has 1 aliphatic carbocycles. The van der Waals surface area contributed by atoms with Crippen molar-refractivity contribution in [2.24, 2.45) is 0 Å². The Balaban J connectivity index is 1.13. The molecule has 0 N–H and O–H groups in total. The minimum Gasteiger partial charge on any atom is -0.494 e. The molecule has 5 rings (SSSR count). The summed E-state index contributed by atoms with van der Waals surface area (Å²) in [5.41, 5.74) is 5.56. The molecule has 0 aromatic heterocycles. The summed E-state index contributed by atoms with van der Waals surface area (Å²) >= 11 is 0. The lowest BCUT2D eigenvalue weighted by Crippen LogP contribution is -2.48. The van der Waals surface area contributed by atoms with Crippen molar-refractivity contribution < 1.29 is 23.7 Å². The fourth-order valence-electron chi connectivity index (χ4n) is 6.54. The Morgan fingerprint density at radius 1 is 0.778 bits per heavy atom. The second-order valence-corrected chi connectivity index (χ2v) is 12.1. The number of hydrogen-bond acceptors (Lipinski definition) is 7. The second kappa shape index (κ2) is 17.3. The van der Waals surface area contributed by atoms with Crippen molar-refractivity contribution in [1.82, 2.24) is 9.80 Å². The van der Waals surface area contributed by atoms with E-state index in [4.69, 9.17) is 18.9 Å². The highest BCUT2D eigenvalue weighted by Gasteiger charge is 2.32. The van der Waals surface area contributed by atoms with Crippen molar-refractivity contribution >= 4 is 5.97 Å². The topological polar surface area (TPSA) is 60.5 Å². The van der Waals surface area contributed by atoms with Crippen LogP contribution in [0.5, 0.6) is 11.5 Å². The number of benzene rings is 3.